The van der Waals surface area contributed by atoms with Crippen LogP contribution < -0.4 is 0 Å². The number of fused-ring (bicyclic) bond motifs is 2. The van der Waals surface area contributed by atoms with Crippen LogP contribution in [-0.2, 0) is 26.1 Å². The van der Waals surface area contributed by atoms with Crippen molar-refractivity contribution in [3.63, 3.8) is 0 Å². The Morgan fingerprint density at radius 1 is 1.30 bits per heavy atom. The molecule has 126 valence electrons. The lowest BCUT2D eigenvalue weighted by atomic mass is 10.2. The van der Waals surface area contributed by atoms with Crippen LogP contribution in [0.3, 0.4) is 0 Å². The van der Waals surface area contributed by atoms with E-state index in [1.165, 1.54) is 0 Å². The molecule has 1 saturated heterocycles. The summed E-state index contributed by atoms with van der Waals surface area (Å²) in [5, 5.41) is -0.182. The molecule has 0 aromatic carbocycles. The zero-order valence-corrected chi connectivity index (χ0v) is 13.8. The predicted octanol–water partition coefficient (Wildman–Crippen LogP) is 1.32. The lowest BCUT2D eigenvalue weighted by Gasteiger charge is -2.30. The number of nitrogens with zero attached hydrogens (tertiary/aromatic N) is 2. The van der Waals surface area contributed by atoms with Gasteiger partial charge in [-0.25, -0.2) is 8.42 Å². The fraction of sp³-hybridized carbons (Fsp3) is 0.688. The molecular formula is C16H22N2O4S. The van der Waals surface area contributed by atoms with Crippen molar-refractivity contribution >= 4 is 10.0 Å². The Bertz CT molecular complexity index is 647. The second-order valence-corrected chi connectivity index (χ2v) is 8.71. The molecule has 6 nitrogen and oxygen atoms in total. The summed E-state index contributed by atoms with van der Waals surface area (Å²) in [6.45, 7) is 1.35. The van der Waals surface area contributed by atoms with Gasteiger partial charge in [-0.05, 0) is 37.3 Å². The summed E-state index contributed by atoms with van der Waals surface area (Å²) >= 11 is 0. The summed E-state index contributed by atoms with van der Waals surface area (Å²) < 4.78 is 39.1. The fourth-order valence-electron chi connectivity index (χ4n) is 3.62. The molecule has 3 atom stereocenters. The second-order valence-electron chi connectivity index (χ2n) is 6.55. The first-order valence-electron chi connectivity index (χ1n) is 8.29. The first kappa shape index (κ1) is 15.5. The molecule has 0 unspecified atom stereocenters. The smallest absolute Gasteiger partial charge is 0.217 e. The lowest BCUT2D eigenvalue weighted by Crippen LogP contribution is -2.47. The van der Waals surface area contributed by atoms with Crippen molar-refractivity contribution in [3.05, 3.63) is 30.1 Å². The van der Waals surface area contributed by atoms with Gasteiger partial charge in [-0.15, -0.1) is 0 Å². The van der Waals surface area contributed by atoms with Crippen LogP contribution in [0.5, 0.6) is 0 Å². The summed E-state index contributed by atoms with van der Waals surface area (Å²) in [7, 11) is -3.20. The van der Waals surface area contributed by atoms with Gasteiger partial charge in [-0.2, -0.15) is 4.31 Å². The van der Waals surface area contributed by atoms with E-state index < -0.39 is 10.0 Å². The molecular weight excluding hydrogens is 316 g/mol. The van der Waals surface area contributed by atoms with Crippen LogP contribution in [0.15, 0.2) is 24.5 Å². The number of ether oxygens (including phenoxy) is 2. The molecule has 2 heterocycles. The highest BCUT2D eigenvalue weighted by Crippen LogP contribution is 2.38. The summed E-state index contributed by atoms with van der Waals surface area (Å²) in [5.74, 6) is 0. The van der Waals surface area contributed by atoms with Gasteiger partial charge >= 0.3 is 0 Å². The summed E-state index contributed by atoms with van der Waals surface area (Å²) in [4.78, 5) is 4.09. The molecule has 2 saturated carbocycles. The van der Waals surface area contributed by atoms with Gasteiger partial charge in [0.15, 0.2) is 0 Å². The van der Waals surface area contributed by atoms with Gasteiger partial charge in [0.25, 0.3) is 0 Å². The molecule has 0 amide bonds. The molecule has 1 aromatic rings. The molecule has 0 spiro atoms. The van der Waals surface area contributed by atoms with Crippen molar-refractivity contribution in [2.24, 2.45) is 0 Å². The average Bonchev–Trinajstić information content (AvgIpc) is 3.33. The maximum atomic E-state index is 12.7. The SMILES string of the molecule is O=S(=O)(C1CC1)N1CCO[C@H]2CC[C@H]1[C@@H]2OCc1cccnc1. The van der Waals surface area contributed by atoms with Crippen molar-refractivity contribution in [1.82, 2.24) is 9.29 Å². The van der Waals surface area contributed by atoms with E-state index in [0.29, 0.717) is 19.8 Å². The van der Waals surface area contributed by atoms with Crippen molar-refractivity contribution in [3.8, 4) is 0 Å². The minimum absolute atomic E-state index is 0.00363. The highest BCUT2D eigenvalue weighted by molar-refractivity contribution is 7.90. The van der Waals surface area contributed by atoms with Crippen LogP contribution in [-0.4, -0.2) is 54.4 Å². The van der Waals surface area contributed by atoms with E-state index in [1.807, 2.05) is 12.1 Å². The molecule has 0 N–H and O–H groups in total. The molecule has 0 radical (unpaired) electrons. The standard InChI is InChI=1S/C16H22N2O4S/c19-23(20,13-3-4-13)18-8-9-21-15-6-5-14(18)16(15)22-11-12-2-1-7-17-10-12/h1-2,7,10,13-16H,3-6,8-9,11H2/t14-,15-,16-/m0/s1. The van der Waals surface area contributed by atoms with Crippen LogP contribution in [0.25, 0.3) is 0 Å². The molecule has 23 heavy (non-hydrogen) atoms. The highest BCUT2D eigenvalue weighted by Gasteiger charge is 2.50. The van der Waals surface area contributed by atoms with Crippen molar-refractivity contribution < 1.29 is 17.9 Å². The van der Waals surface area contributed by atoms with Crippen LogP contribution >= 0.6 is 0 Å². The molecule has 7 heteroatoms. The third-order valence-electron chi connectivity index (χ3n) is 4.94. The summed E-state index contributed by atoms with van der Waals surface area (Å²) in [5.41, 5.74) is 0.993. The van der Waals surface area contributed by atoms with Crippen LogP contribution in [0.1, 0.15) is 31.2 Å². The molecule has 1 aromatic heterocycles. The molecule has 3 aliphatic rings. The fourth-order valence-corrected chi connectivity index (χ4v) is 5.67. The monoisotopic (exact) mass is 338 g/mol. The van der Waals surface area contributed by atoms with E-state index in [1.54, 1.807) is 16.7 Å². The van der Waals surface area contributed by atoms with Crippen molar-refractivity contribution in [1.29, 1.82) is 0 Å². The Balaban J connectivity index is 1.51. The molecule has 4 rings (SSSR count). The van der Waals surface area contributed by atoms with Gasteiger partial charge < -0.3 is 9.47 Å². The summed E-state index contributed by atoms with van der Waals surface area (Å²) in [6.07, 6.45) is 6.56. The van der Waals surface area contributed by atoms with E-state index in [0.717, 1.165) is 31.2 Å². The van der Waals surface area contributed by atoms with Gasteiger partial charge in [0.05, 0.1) is 30.6 Å². The quantitative estimate of drug-likeness (QED) is 0.810. The Morgan fingerprint density at radius 2 is 2.17 bits per heavy atom. The maximum Gasteiger partial charge on any atom is 0.217 e. The Kier molecular flexibility index (Phi) is 4.13. The van der Waals surface area contributed by atoms with Crippen LogP contribution in [0, 0.1) is 0 Å². The molecule has 1 aliphatic heterocycles. The van der Waals surface area contributed by atoms with Crippen molar-refractivity contribution in [2.75, 3.05) is 13.2 Å². The second kappa shape index (κ2) is 6.12. The van der Waals surface area contributed by atoms with Crippen molar-refractivity contribution in [2.45, 2.75) is 55.8 Å². The molecule has 3 fully saturated rings. The molecule has 2 aliphatic carbocycles. The number of rotatable bonds is 5. The number of pyridine rings is 1. The van der Waals surface area contributed by atoms with Gasteiger partial charge in [0, 0.05) is 18.9 Å². The Morgan fingerprint density at radius 3 is 2.91 bits per heavy atom. The highest BCUT2D eigenvalue weighted by atomic mass is 32.2. The Labute approximate surface area is 136 Å². The Hall–Kier alpha value is -1.02. The number of aromatic nitrogens is 1. The van der Waals surface area contributed by atoms with Gasteiger partial charge in [0.2, 0.25) is 10.0 Å². The molecule has 2 bridgehead atoms. The largest absolute Gasteiger partial charge is 0.374 e. The maximum absolute atomic E-state index is 12.7. The normalized spacial score (nSPS) is 31.9. The minimum atomic E-state index is -3.20. The number of hydrogen-bond donors (Lipinski definition) is 0. The van der Waals surface area contributed by atoms with Gasteiger partial charge in [0.1, 0.15) is 6.10 Å². The predicted molar refractivity (Wildman–Crippen MR) is 84.2 cm³/mol. The summed E-state index contributed by atoms with van der Waals surface area (Å²) in [6, 6.07) is 3.75. The first-order chi connectivity index (χ1) is 11.2. The van der Waals surface area contributed by atoms with E-state index in [4.69, 9.17) is 9.47 Å². The minimum Gasteiger partial charge on any atom is -0.374 e. The number of hydrogen-bond acceptors (Lipinski definition) is 5. The third-order valence-corrected chi connectivity index (χ3v) is 7.36. The van der Waals surface area contributed by atoms with E-state index in [9.17, 15) is 8.42 Å². The van der Waals surface area contributed by atoms with Gasteiger partial charge in [-0.3, -0.25) is 4.98 Å². The van der Waals surface area contributed by atoms with E-state index in [2.05, 4.69) is 4.98 Å². The lowest BCUT2D eigenvalue weighted by molar-refractivity contribution is -0.0583. The van der Waals surface area contributed by atoms with E-state index >= 15 is 0 Å². The third kappa shape index (κ3) is 3.03. The number of sulfonamides is 1. The zero-order chi connectivity index (χ0) is 15.9. The van der Waals surface area contributed by atoms with Gasteiger partial charge in [-0.1, -0.05) is 6.07 Å². The van der Waals surface area contributed by atoms with Crippen LogP contribution in [0.2, 0.25) is 0 Å². The average molecular weight is 338 g/mol. The zero-order valence-electron chi connectivity index (χ0n) is 13.0. The topological polar surface area (TPSA) is 68.7 Å². The van der Waals surface area contributed by atoms with E-state index in [-0.39, 0.29) is 23.5 Å². The first-order valence-corrected chi connectivity index (χ1v) is 9.79. The van der Waals surface area contributed by atoms with Crippen LogP contribution in [0.4, 0.5) is 0 Å².